The van der Waals surface area contributed by atoms with E-state index in [0.717, 1.165) is 102 Å². The maximum Gasteiger partial charge on any atom is 0.472 e. The van der Waals surface area contributed by atoms with E-state index in [1.54, 1.807) is 0 Å². The number of hydrogen-bond donors (Lipinski definition) is 3. The number of unbranched alkanes of at least 4 members (excludes halogenated alkanes) is 61. The highest BCUT2D eigenvalue weighted by Gasteiger charge is 2.31. The van der Waals surface area contributed by atoms with Crippen molar-refractivity contribution in [2.45, 2.75) is 522 Å². The van der Waals surface area contributed by atoms with Crippen molar-refractivity contribution in [3.63, 3.8) is 0 Å². The van der Waals surface area contributed by atoms with Gasteiger partial charge in [-0.25, -0.2) is 9.13 Å². The van der Waals surface area contributed by atoms with E-state index in [9.17, 15) is 43.2 Å². The molecule has 0 heterocycles. The Bertz CT molecular complexity index is 2130. The first-order valence-electron chi connectivity index (χ1n) is 48.0. The van der Waals surface area contributed by atoms with Crippen molar-refractivity contribution in [1.29, 1.82) is 0 Å². The van der Waals surface area contributed by atoms with Gasteiger partial charge in [0.25, 0.3) is 0 Å². The lowest BCUT2D eigenvalue weighted by Gasteiger charge is -2.21. The maximum atomic E-state index is 13.2. The zero-order valence-corrected chi connectivity index (χ0v) is 75.8. The average Bonchev–Trinajstić information content (AvgIpc) is 0.900. The fourth-order valence-corrected chi connectivity index (χ4v) is 16.2. The molecule has 0 aromatic heterocycles. The predicted molar refractivity (Wildman–Crippen MR) is 465 cm³/mol. The van der Waals surface area contributed by atoms with Gasteiger partial charge in [-0.3, -0.25) is 37.3 Å². The first-order valence-corrected chi connectivity index (χ1v) is 51.0. The Hall–Kier alpha value is -1.94. The molecule has 0 aliphatic heterocycles. The smallest absolute Gasteiger partial charge is 0.462 e. The molecule has 0 aromatic rings. The SMILES string of the molecule is CCCCCCCCCCCCCCCCCCCCCCCCC(=O)OC[C@H](COP(=O)(O)OC[C@@H](O)COP(=O)(O)OC[C@@H](COC(=O)CCCCCCCCCCCC)OC(=O)CCCCCCCCCCCCCCCCCC(C)C)OC(=O)CCCCCCCCCCCCCCCCCCCCC(C)CC. The van der Waals surface area contributed by atoms with Crippen LogP contribution >= 0.6 is 15.6 Å². The van der Waals surface area contributed by atoms with Crippen molar-refractivity contribution in [3.05, 3.63) is 0 Å². The Morgan fingerprint density at radius 3 is 0.679 bits per heavy atom. The number of aliphatic hydroxyl groups is 1. The molecule has 3 unspecified atom stereocenters. The third-order valence-corrected chi connectivity index (χ3v) is 24.2. The summed E-state index contributed by atoms with van der Waals surface area (Å²) in [6.07, 6.45) is 79.3. The first-order chi connectivity index (χ1) is 54.4. The second kappa shape index (κ2) is 84.1. The molecule has 0 spiro atoms. The van der Waals surface area contributed by atoms with Crippen LogP contribution < -0.4 is 0 Å². The molecule has 112 heavy (non-hydrogen) atoms. The molecule has 0 radical (unpaired) electrons. The molecule has 0 bridgehead atoms. The van der Waals surface area contributed by atoms with Gasteiger partial charge in [0.15, 0.2) is 12.2 Å². The Morgan fingerprint density at radius 1 is 0.259 bits per heavy atom. The summed E-state index contributed by atoms with van der Waals surface area (Å²) in [5.74, 6) is -0.421. The Balaban J connectivity index is 5.21. The third-order valence-electron chi connectivity index (χ3n) is 22.3. The van der Waals surface area contributed by atoms with Crippen LogP contribution in [0.4, 0.5) is 0 Å². The number of phosphoric acid groups is 2. The second-order valence-electron chi connectivity index (χ2n) is 34.1. The fraction of sp³-hybridized carbons (Fsp3) is 0.957. The van der Waals surface area contributed by atoms with E-state index in [2.05, 4.69) is 41.5 Å². The van der Waals surface area contributed by atoms with Crippen molar-refractivity contribution < 1.29 is 80.2 Å². The molecule has 17 nitrogen and oxygen atoms in total. The number of hydrogen-bond acceptors (Lipinski definition) is 15. The predicted octanol–water partition coefficient (Wildman–Crippen LogP) is 29.0. The van der Waals surface area contributed by atoms with Gasteiger partial charge in [0, 0.05) is 25.7 Å². The summed E-state index contributed by atoms with van der Waals surface area (Å²) in [6.45, 7) is 9.79. The van der Waals surface area contributed by atoms with Gasteiger partial charge in [0.05, 0.1) is 26.4 Å². The van der Waals surface area contributed by atoms with E-state index in [1.165, 1.54) is 321 Å². The number of esters is 4. The molecule has 0 aliphatic rings. The summed E-state index contributed by atoms with van der Waals surface area (Å²) < 4.78 is 69.1. The summed E-state index contributed by atoms with van der Waals surface area (Å²) in [4.78, 5) is 73.4. The summed E-state index contributed by atoms with van der Waals surface area (Å²) in [5.41, 5.74) is 0. The summed E-state index contributed by atoms with van der Waals surface area (Å²) in [5, 5.41) is 10.7. The first kappa shape index (κ1) is 110. The molecule has 0 saturated heterocycles. The van der Waals surface area contributed by atoms with Crippen LogP contribution in [0.5, 0.6) is 0 Å². The lowest BCUT2D eigenvalue weighted by molar-refractivity contribution is -0.161. The molecule has 0 amide bonds. The van der Waals surface area contributed by atoms with Crippen LogP contribution in [-0.4, -0.2) is 96.7 Å². The lowest BCUT2D eigenvalue weighted by atomic mass is 9.99. The van der Waals surface area contributed by atoms with Crippen LogP contribution in [0.1, 0.15) is 504 Å². The molecule has 6 atom stereocenters. The highest BCUT2D eigenvalue weighted by atomic mass is 31.2. The van der Waals surface area contributed by atoms with Gasteiger partial charge in [-0.15, -0.1) is 0 Å². The van der Waals surface area contributed by atoms with Crippen LogP contribution in [0.15, 0.2) is 0 Å². The largest absolute Gasteiger partial charge is 0.472 e. The monoisotopic (exact) mass is 1630 g/mol. The average molecular weight is 1630 g/mol. The maximum absolute atomic E-state index is 13.2. The van der Waals surface area contributed by atoms with Crippen molar-refractivity contribution in [2.24, 2.45) is 11.8 Å². The molecule has 3 N–H and O–H groups in total. The molecule has 0 fully saturated rings. The van der Waals surface area contributed by atoms with Crippen molar-refractivity contribution in [3.8, 4) is 0 Å². The number of phosphoric ester groups is 2. The van der Waals surface area contributed by atoms with Crippen LogP contribution in [0.2, 0.25) is 0 Å². The van der Waals surface area contributed by atoms with Gasteiger partial charge >= 0.3 is 39.5 Å². The fourth-order valence-electron chi connectivity index (χ4n) is 14.6. The number of carbonyl (C=O) groups excluding carboxylic acids is 4. The topological polar surface area (TPSA) is 237 Å². The minimum atomic E-state index is -4.97. The third kappa shape index (κ3) is 84.5. The summed E-state index contributed by atoms with van der Waals surface area (Å²) >= 11 is 0. The second-order valence-corrected chi connectivity index (χ2v) is 37.0. The molecule has 0 saturated carbocycles. The minimum Gasteiger partial charge on any atom is -0.462 e. The van der Waals surface area contributed by atoms with Crippen LogP contribution in [0, 0.1) is 11.8 Å². The van der Waals surface area contributed by atoms with E-state index >= 15 is 0 Å². The van der Waals surface area contributed by atoms with Gasteiger partial charge in [0.1, 0.15) is 19.3 Å². The Morgan fingerprint density at radius 2 is 0.455 bits per heavy atom. The Kier molecular flexibility index (Phi) is 82.6. The number of ether oxygens (including phenoxy) is 4. The van der Waals surface area contributed by atoms with E-state index in [4.69, 9.17) is 37.0 Å². The standard InChI is InChI=1S/C93H182O17P2/c1-7-10-12-14-16-18-20-21-22-23-24-25-26-27-31-36-41-46-52-58-64-70-76-91(96)104-82-89(110-93(98)77-71-65-59-53-47-42-37-32-29-28-30-35-40-45-50-56-62-68-74-86(6)9-3)84-108-112(101,102)106-80-87(94)79-105-111(99,100)107-83-88(81-103-90(95)75-69-63-57-51-19-17-15-13-11-8-2)109-92(97)78-72-66-60-54-48-43-38-33-34-39-44-49-55-61-67-73-85(4)5/h85-89,94H,7-84H2,1-6H3,(H,99,100)(H,101,102)/t86?,87-,88+,89+/m0/s1. The highest BCUT2D eigenvalue weighted by molar-refractivity contribution is 7.47. The van der Waals surface area contributed by atoms with E-state index in [0.29, 0.717) is 25.7 Å². The van der Waals surface area contributed by atoms with Gasteiger partial charge in [0.2, 0.25) is 0 Å². The summed E-state index contributed by atoms with van der Waals surface area (Å²) in [7, 11) is -9.94. The van der Waals surface area contributed by atoms with Crippen molar-refractivity contribution in [1.82, 2.24) is 0 Å². The lowest BCUT2D eigenvalue weighted by Crippen LogP contribution is -2.30. The van der Waals surface area contributed by atoms with Gasteiger partial charge in [-0.05, 0) is 37.5 Å². The highest BCUT2D eigenvalue weighted by Crippen LogP contribution is 2.45. The normalized spacial score (nSPS) is 13.9. The van der Waals surface area contributed by atoms with Gasteiger partial charge in [-0.1, -0.05) is 452 Å². The van der Waals surface area contributed by atoms with Crippen molar-refractivity contribution in [2.75, 3.05) is 39.6 Å². The summed E-state index contributed by atoms with van der Waals surface area (Å²) in [6, 6.07) is 0. The van der Waals surface area contributed by atoms with Crippen LogP contribution in [-0.2, 0) is 65.4 Å². The zero-order chi connectivity index (χ0) is 82.0. The van der Waals surface area contributed by atoms with Crippen LogP contribution in [0.3, 0.4) is 0 Å². The molecular weight excluding hydrogens is 1450 g/mol. The number of rotatable bonds is 92. The Labute approximate surface area is 689 Å². The quantitative estimate of drug-likeness (QED) is 0.0222. The molecule has 0 rings (SSSR count). The molecule has 666 valence electrons. The zero-order valence-electron chi connectivity index (χ0n) is 74.0. The van der Waals surface area contributed by atoms with E-state index in [-0.39, 0.29) is 25.7 Å². The van der Waals surface area contributed by atoms with Gasteiger partial charge in [-0.2, -0.15) is 0 Å². The molecule has 0 aliphatic carbocycles. The van der Waals surface area contributed by atoms with Crippen molar-refractivity contribution >= 4 is 39.5 Å². The van der Waals surface area contributed by atoms with Crippen LogP contribution in [0.25, 0.3) is 0 Å². The number of carbonyl (C=O) groups is 4. The van der Waals surface area contributed by atoms with E-state index < -0.39 is 97.5 Å². The molecular formula is C93H182O17P2. The minimum absolute atomic E-state index is 0.108. The van der Waals surface area contributed by atoms with E-state index in [1.807, 2.05) is 0 Å². The van der Waals surface area contributed by atoms with Gasteiger partial charge < -0.3 is 33.8 Å². The molecule has 0 aromatic carbocycles. The molecule has 19 heteroatoms. The number of aliphatic hydroxyl groups excluding tert-OH is 1.